The predicted molar refractivity (Wildman–Crippen MR) is 130 cm³/mol. The molecule has 0 aliphatic heterocycles. The Labute approximate surface area is 192 Å². The largest absolute Gasteiger partial charge is 0.356 e. The van der Waals surface area contributed by atoms with E-state index < -0.39 is 0 Å². The van der Waals surface area contributed by atoms with Crippen molar-refractivity contribution in [3.8, 4) is 0 Å². The molecular weight excluding hydrogens is 477 g/mol. The minimum atomic E-state index is 0. The third-order valence-electron chi connectivity index (χ3n) is 5.42. The van der Waals surface area contributed by atoms with Crippen molar-refractivity contribution < 1.29 is 4.52 Å². The van der Waals surface area contributed by atoms with Gasteiger partial charge in [0.1, 0.15) is 0 Å². The Morgan fingerprint density at radius 1 is 1.14 bits per heavy atom. The SMILES string of the molecule is CCC(CC)(CNC(=NC)NCCCc1nc(C(C)C)no1)c1ccccc1.I. The van der Waals surface area contributed by atoms with Crippen LogP contribution in [0.3, 0.4) is 0 Å². The smallest absolute Gasteiger partial charge is 0.226 e. The minimum Gasteiger partial charge on any atom is -0.356 e. The summed E-state index contributed by atoms with van der Waals surface area (Å²) >= 11 is 0. The molecule has 1 aromatic heterocycles. The fraction of sp³-hybridized carbons (Fsp3) is 0.591. The summed E-state index contributed by atoms with van der Waals surface area (Å²) in [5, 5.41) is 10.9. The minimum absolute atomic E-state index is 0. The molecule has 0 spiro atoms. The molecule has 0 radical (unpaired) electrons. The molecule has 0 bridgehead atoms. The van der Waals surface area contributed by atoms with Crippen molar-refractivity contribution in [2.24, 2.45) is 4.99 Å². The van der Waals surface area contributed by atoms with Crippen LogP contribution in [-0.2, 0) is 11.8 Å². The van der Waals surface area contributed by atoms with Crippen molar-refractivity contribution in [3.05, 3.63) is 47.6 Å². The van der Waals surface area contributed by atoms with Gasteiger partial charge in [0.2, 0.25) is 5.89 Å². The van der Waals surface area contributed by atoms with Crippen LogP contribution in [0, 0.1) is 0 Å². The highest BCUT2D eigenvalue weighted by atomic mass is 127. The van der Waals surface area contributed by atoms with E-state index in [1.165, 1.54) is 5.56 Å². The fourth-order valence-corrected chi connectivity index (χ4v) is 3.33. The first-order valence-electron chi connectivity index (χ1n) is 10.4. The normalized spacial score (nSPS) is 12.0. The van der Waals surface area contributed by atoms with Gasteiger partial charge < -0.3 is 15.2 Å². The van der Waals surface area contributed by atoms with Crippen molar-refractivity contribution in [1.29, 1.82) is 0 Å². The molecule has 0 amide bonds. The van der Waals surface area contributed by atoms with E-state index in [9.17, 15) is 0 Å². The Morgan fingerprint density at radius 2 is 1.83 bits per heavy atom. The molecular formula is C22H36IN5O. The van der Waals surface area contributed by atoms with Crippen LogP contribution in [0.1, 0.15) is 70.2 Å². The van der Waals surface area contributed by atoms with Gasteiger partial charge in [-0.05, 0) is 24.8 Å². The summed E-state index contributed by atoms with van der Waals surface area (Å²) in [6.07, 6.45) is 3.83. The first-order chi connectivity index (χ1) is 13.5. The van der Waals surface area contributed by atoms with Crippen LogP contribution in [0.4, 0.5) is 0 Å². The number of guanidine groups is 1. The first-order valence-corrected chi connectivity index (χ1v) is 10.4. The number of hydrogen-bond donors (Lipinski definition) is 2. The quantitative estimate of drug-likeness (QED) is 0.209. The standard InChI is InChI=1S/C22H35N5O.HI/c1-6-22(7-2,18-12-9-8-10-13-18)16-25-21(23-5)24-15-11-14-19-26-20(17(3)4)27-28-19;/h8-10,12-13,17H,6-7,11,14-16H2,1-5H3,(H2,23,24,25);1H. The Morgan fingerprint density at radius 3 is 2.38 bits per heavy atom. The zero-order valence-corrected chi connectivity index (χ0v) is 20.7. The molecule has 6 nitrogen and oxygen atoms in total. The van der Waals surface area contributed by atoms with E-state index in [0.717, 1.165) is 50.6 Å². The molecule has 0 fully saturated rings. The number of nitrogens with zero attached hydrogens (tertiary/aromatic N) is 3. The lowest BCUT2D eigenvalue weighted by Gasteiger charge is -2.33. The summed E-state index contributed by atoms with van der Waals surface area (Å²) < 4.78 is 5.29. The van der Waals surface area contributed by atoms with Crippen molar-refractivity contribution in [1.82, 2.24) is 20.8 Å². The Bertz CT molecular complexity index is 726. The van der Waals surface area contributed by atoms with E-state index in [4.69, 9.17) is 4.52 Å². The van der Waals surface area contributed by atoms with Crippen molar-refractivity contribution in [2.45, 2.75) is 64.7 Å². The van der Waals surface area contributed by atoms with Gasteiger partial charge in [-0.3, -0.25) is 4.99 Å². The molecule has 0 atom stereocenters. The average Bonchev–Trinajstić information content (AvgIpc) is 3.20. The van der Waals surface area contributed by atoms with Crippen LogP contribution >= 0.6 is 24.0 Å². The van der Waals surface area contributed by atoms with Crippen LogP contribution in [0.25, 0.3) is 0 Å². The third kappa shape index (κ3) is 7.28. The summed E-state index contributed by atoms with van der Waals surface area (Å²) in [6, 6.07) is 10.7. The molecule has 29 heavy (non-hydrogen) atoms. The fourth-order valence-electron chi connectivity index (χ4n) is 3.33. The van der Waals surface area contributed by atoms with Crippen molar-refractivity contribution in [3.63, 3.8) is 0 Å². The lowest BCUT2D eigenvalue weighted by atomic mass is 9.76. The topological polar surface area (TPSA) is 75.3 Å². The van der Waals surface area contributed by atoms with E-state index in [-0.39, 0.29) is 29.4 Å². The number of aromatic nitrogens is 2. The molecule has 0 unspecified atom stereocenters. The molecule has 0 saturated heterocycles. The monoisotopic (exact) mass is 513 g/mol. The van der Waals surface area contributed by atoms with E-state index in [0.29, 0.717) is 11.8 Å². The highest BCUT2D eigenvalue weighted by Gasteiger charge is 2.28. The first kappa shape index (κ1) is 25.4. The van der Waals surface area contributed by atoms with E-state index in [1.54, 1.807) is 0 Å². The number of rotatable bonds is 10. The highest BCUT2D eigenvalue weighted by Crippen LogP contribution is 2.30. The van der Waals surface area contributed by atoms with Gasteiger partial charge in [0, 0.05) is 37.9 Å². The molecule has 7 heteroatoms. The lowest BCUT2D eigenvalue weighted by molar-refractivity contribution is 0.368. The zero-order chi connectivity index (χ0) is 20.4. The Hall–Kier alpha value is -1.64. The highest BCUT2D eigenvalue weighted by molar-refractivity contribution is 14.0. The van der Waals surface area contributed by atoms with Crippen molar-refractivity contribution >= 4 is 29.9 Å². The summed E-state index contributed by atoms with van der Waals surface area (Å²) in [4.78, 5) is 8.79. The maximum absolute atomic E-state index is 5.29. The zero-order valence-electron chi connectivity index (χ0n) is 18.4. The molecule has 0 aliphatic carbocycles. The number of aryl methyl sites for hydroxylation is 1. The Kier molecular flexibility index (Phi) is 11.2. The van der Waals surface area contributed by atoms with Crippen molar-refractivity contribution in [2.75, 3.05) is 20.1 Å². The van der Waals surface area contributed by atoms with E-state index in [2.05, 4.69) is 83.8 Å². The Balaban J connectivity index is 0.00000420. The second-order valence-electron chi connectivity index (χ2n) is 7.51. The number of halogens is 1. The summed E-state index contributed by atoms with van der Waals surface area (Å²) in [6.45, 7) is 10.3. The van der Waals surface area contributed by atoms with Crippen LogP contribution in [-0.4, -0.2) is 36.2 Å². The van der Waals surface area contributed by atoms with Gasteiger partial charge in [-0.1, -0.05) is 63.2 Å². The number of aliphatic imine (C=N–C) groups is 1. The maximum Gasteiger partial charge on any atom is 0.226 e. The second kappa shape index (κ2) is 12.8. The number of hydrogen-bond acceptors (Lipinski definition) is 4. The van der Waals surface area contributed by atoms with Gasteiger partial charge in [0.15, 0.2) is 11.8 Å². The third-order valence-corrected chi connectivity index (χ3v) is 5.42. The molecule has 1 aromatic carbocycles. The summed E-state index contributed by atoms with van der Waals surface area (Å²) in [7, 11) is 1.81. The maximum atomic E-state index is 5.29. The number of benzene rings is 1. The van der Waals surface area contributed by atoms with Crippen LogP contribution in [0.15, 0.2) is 39.8 Å². The van der Waals surface area contributed by atoms with Crippen LogP contribution < -0.4 is 10.6 Å². The molecule has 2 rings (SSSR count). The summed E-state index contributed by atoms with van der Waals surface area (Å²) in [5.41, 5.74) is 1.48. The lowest BCUT2D eigenvalue weighted by Crippen LogP contribution is -2.45. The van der Waals surface area contributed by atoms with Gasteiger partial charge in [0.25, 0.3) is 0 Å². The molecule has 1 heterocycles. The number of nitrogens with one attached hydrogen (secondary N) is 2. The van der Waals surface area contributed by atoms with Gasteiger partial charge in [0.05, 0.1) is 0 Å². The molecule has 2 N–H and O–H groups in total. The van der Waals surface area contributed by atoms with Crippen LogP contribution in [0.2, 0.25) is 0 Å². The van der Waals surface area contributed by atoms with E-state index >= 15 is 0 Å². The summed E-state index contributed by atoms with van der Waals surface area (Å²) in [5.74, 6) is 2.60. The average molecular weight is 513 g/mol. The van der Waals surface area contributed by atoms with Crippen LogP contribution in [0.5, 0.6) is 0 Å². The van der Waals surface area contributed by atoms with Gasteiger partial charge in [-0.15, -0.1) is 24.0 Å². The van der Waals surface area contributed by atoms with E-state index in [1.807, 2.05) is 7.05 Å². The molecule has 0 aliphatic rings. The van der Waals surface area contributed by atoms with Gasteiger partial charge in [-0.25, -0.2) is 0 Å². The molecule has 0 saturated carbocycles. The van der Waals surface area contributed by atoms with Gasteiger partial charge in [-0.2, -0.15) is 4.98 Å². The molecule has 2 aromatic rings. The van der Waals surface area contributed by atoms with Gasteiger partial charge >= 0.3 is 0 Å². The second-order valence-corrected chi connectivity index (χ2v) is 7.51. The molecule has 162 valence electrons. The predicted octanol–water partition coefficient (Wildman–Crippen LogP) is 4.67.